The summed E-state index contributed by atoms with van der Waals surface area (Å²) in [6.07, 6.45) is 1.17. The van der Waals surface area contributed by atoms with Crippen molar-refractivity contribution in [1.82, 2.24) is 5.32 Å². The zero-order valence-electron chi connectivity index (χ0n) is 10.8. The first kappa shape index (κ1) is 16.7. The van der Waals surface area contributed by atoms with Gasteiger partial charge in [0.05, 0.1) is 0 Å². The number of ether oxygens (including phenoxy) is 1. The lowest BCUT2D eigenvalue weighted by Crippen LogP contribution is -2.43. The van der Waals surface area contributed by atoms with Crippen molar-refractivity contribution in [2.75, 3.05) is 6.61 Å². The molecule has 0 fully saturated rings. The van der Waals surface area contributed by atoms with Gasteiger partial charge in [-0.25, -0.2) is 4.79 Å². The quantitative estimate of drug-likeness (QED) is 0.637. The van der Waals surface area contributed by atoms with Crippen molar-refractivity contribution in [1.29, 1.82) is 0 Å². The van der Waals surface area contributed by atoms with Crippen molar-refractivity contribution in [2.45, 2.75) is 25.9 Å². The molecule has 1 aromatic carbocycles. The normalized spacial score (nSPS) is 10.3. The molecular weight excluding hydrogens is 250 g/mol. The Bertz CT molecular complexity index is 377. The van der Waals surface area contributed by atoms with E-state index in [2.05, 4.69) is 24.0 Å². The Morgan fingerprint density at radius 3 is 2.56 bits per heavy atom. The van der Waals surface area contributed by atoms with Crippen molar-refractivity contribution in [3.63, 3.8) is 0 Å². The van der Waals surface area contributed by atoms with E-state index < -0.39 is 0 Å². The van der Waals surface area contributed by atoms with E-state index in [0.717, 1.165) is 6.54 Å². The lowest BCUT2D eigenvalue weighted by atomic mass is 10.1. The number of nitrogens with one attached hydrogen (secondary N) is 1. The van der Waals surface area contributed by atoms with Crippen LogP contribution in [-0.2, 0) is 16.1 Å². The minimum Gasteiger partial charge on any atom is -0.461 e. The van der Waals surface area contributed by atoms with Crippen LogP contribution in [0.15, 0.2) is 43.0 Å². The van der Waals surface area contributed by atoms with Crippen LogP contribution in [0.3, 0.4) is 0 Å². The molecule has 0 aromatic heterocycles. The summed E-state index contributed by atoms with van der Waals surface area (Å²) < 4.78 is 5.02. The van der Waals surface area contributed by atoms with Crippen LogP contribution in [0.5, 0.6) is 0 Å². The third-order valence-electron chi connectivity index (χ3n) is 2.36. The minimum atomic E-state index is -0.389. The summed E-state index contributed by atoms with van der Waals surface area (Å²) in [5.41, 5.74) is 0.949. The van der Waals surface area contributed by atoms with E-state index in [1.54, 1.807) is 0 Å². The molecule has 0 saturated carbocycles. The molecule has 0 spiro atoms. The highest BCUT2D eigenvalue weighted by molar-refractivity contribution is 5.85. The standard InChI is InChI=1S/C14H19NO2.ClH/c1-4-13(16)17-11-14(2,3)15-10-12-8-6-5-7-9-12;/h4-9,15H,1,10-11H2,2-3H3;1H. The van der Waals surface area contributed by atoms with Crippen LogP contribution < -0.4 is 5.32 Å². The Hall–Kier alpha value is -1.32. The van der Waals surface area contributed by atoms with Crippen molar-refractivity contribution in [2.24, 2.45) is 0 Å². The summed E-state index contributed by atoms with van der Waals surface area (Å²) in [6, 6.07) is 10.1. The number of halogens is 1. The number of carbonyl (C=O) groups excluding carboxylic acids is 1. The fraction of sp³-hybridized carbons (Fsp3) is 0.357. The van der Waals surface area contributed by atoms with Gasteiger partial charge in [0.2, 0.25) is 0 Å². The molecule has 0 saturated heterocycles. The van der Waals surface area contributed by atoms with Crippen molar-refractivity contribution >= 4 is 18.4 Å². The van der Waals surface area contributed by atoms with Gasteiger partial charge in [-0.15, -0.1) is 12.4 Å². The Balaban J connectivity index is 0.00000289. The van der Waals surface area contributed by atoms with Crippen LogP contribution >= 0.6 is 12.4 Å². The van der Waals surface area contributed by atoms with Gasteiger partial charge in [-0.2, -0.15) is 0 Å². The van der Waals surface area contributed by atoms with E-state index in [1.165, 1.54) is 11.6 Å². The van der Waals surface area contributed by atoms with Gasteiger partial charge in [0.15, 0.2) is 0 Å². The van der Waals surface area contributed by atoms with E-state index in [4.69, 9.17) is 4.74 Å². The summed E-state index contributed by atoms with van der Waals surface area (Å²) in [4.78, 5) is 11.0. The summed E-state index contributed by atoms with van der Waals surface area (Å²) in [5.74, 6) is -0.389. The molecule has 1 rings (SSSR count). The zero-order chi connectivity index (χ0) is 12.7. The van der Waals surface area contributed by atoms with Gasteiger partial charge in [-0.1, -0.05) is 36.9 Å². The smallest absolute Gasteiger partial charge is 0.330 e. The van der Waals surface area contributed by atoms with Crippen LogP contribution in [0.25, 0.3) is 0 Å². The molecule has 0 radical (unpaired) electrons. The SMILES string of the molecule is C=CC(=O)OCC(C)(C)NCc1ccccc1.Cl. The Kier molecular flexibility index (Phi) is 7.32. The molecule has 0 aliphatic heterocycles. The second-order valence-corrected chi connectivity index (χ2v) is 4.53. The monoisotopic (exact) mass is 269 g/mol. The molecule has 0 atom stereocenters. The van der Waals surface area contributed by atoms with Gasteiger partial charge in [0, 0.05) is 18.2 Å². The first-order valence-electron chi connectivity index (χ1n) is 5.62. The second kappa shape index (κ2) is 7.90. The van der Waals surface area contributed by atoms with E-state index in [1.807, 2.05) is 32.0 Å². The molecule has 0 unspecified atom stereocenters. The molecule has 4 heteroatoms. The van der Waals surface area contributed by atoms with Gasteiger partial charge < -0.3 is 10.1 Å². The maximum Gasteiger partial charge on any atom is 0.330 e. The zero-order valence-corrected chi connectivity index (χ0v) is 11.6. The first-order valence-corrected chi connectivity index (χ1v) is 5.62. The number of hydrogen-bond donors (Lipinski definition) is 1. The van der Waals surface area contributed by atoms with E-state index in [-0.39, 0.29) is 23.9 Å². The van der Waals surface area contributed by atoms with E-state index in [0.29, 0.717) is 6.61 Å². The number of esters is 1. The number of rotatable bonds is 6. The third kappa shape index (κ3) is 6.42. The van der Waals surface area contributed by atoms with Crippen molar-refractivity contribution in [3.05, 3.63) is 48.6 Å². The first-order chi connectivity index (χ1) is 8.03. The molecule has 0 heterocycles. The molecular formula is C14H20ClNO2. The van der Waals surface area contributed by atoms with Gasteiger partial charge in [0.25, 0.3) is 0 Å². The van der Waals surface area contributed by atoms with E-state index in [9.17, 15) is 4.79 Å². The predicted octanol–water partition coefficient (Wildman–Crippen LogP) is 2.71. The van der Waals surface area contributed by atoms with Crippen molar-refractivity contribution in [3.8, 4) is 0 Å². The average molecular weight is 270 g/mol. The van der Waals surface area contributed by atoms with Gasteiger partial charge in [-0.3, -0.25) is 0 Å². The Labute approximate surface area is 115 Å². The molecule has 0 amide bonds. The van der Waals surface area contributed by atoms with E-state index >= 15 is 0 Å². The maximum atomic E-state index is 11.0. The third-order valence-corrected chi connectivity index (χ3v) is 2.36. The van der Waals surface area contributed by atoms with Gasteiger partial charge in [-0.05, 0) is 19.4 Å². The lowest BCUT2D eigenvalue weighted by molar-refractivity contribution is -0.139. The molecule has 0 aliphatic carbocycles. The molecule has 3 nitrogen and oxygen atoms in total. The summed E-state index contributed by atoms with van der Waals surface area (Å²) >= 11 is 0. The largest absolute Gasteiger partial charge is 0.461 e. The van der Waals surface area contributed by atoms with Crippen LogP contribution in [0.4, 0.5) is 0 Å². The molecule has 100 valence electrons. The molecule has 0 bridgehead atoms. The van der Waals surface area contributed by atoms with Crippen molar-refractivity contribution < 1.29 is 9.53 Å². The lowest BCUT2D eigenvalue weighted by Gasteiger charge is -2.25. The summed E-state index contributed by atoms with van der Waals surface area (Å²) in [6.45, 7) is 8.42. The maximum absolute atomic E-state index is 11.0. The Morgan fingerprint density at radius 2 is 2.00 bits per heavy atom. The second-order valence-electron chi connectivity index (χ2n) is 4.53. The van der Waals surface area contributed by atoms with Gasteiger partial charge in [0.1, 0.15) is 6.61 Å². The topological polar surface area (TPSA) is 38.3 Å². The van der Waals surface area contributed by atoms with Crippen LogP contribution in [-0.4, -0.2) is 18.1 Å². The highest BCUT2D eigenvalue weighted by Gasteiger charge is 2.18. The summed E-state index contributed by atoms with van der Waals surface area (Å²) in [5, 5.41) is 3.34. The predicted molar refractivity (Wildman–Crippen MR) is 75.8 cm³/mol. The number of carbonyl (C=O) groups is 1. The molecule has 18 heavy (non-hydrogen) atoms. The fourth-order valence-electron chi connectivity index (χ4n) is 1.30. The molecule has 0 aliphatic rings. The van der Waals surface area contributed by atoms with Crippen LogP contribution in [0.2, 0.25) is 0 Å². The minimum absolute atomic E-state index is 0. The van der Waals surface area contributed by atoms with Gasteiger partial charge >= 0.3 is 5.97 Å². The number of benzene rings is 1. The molecule has 1 aromatic rings. The fourth-order valence-corrected chi connectivity index (χ4v) is 1.30. The number of hydrogen-bond acceptors (Lipinski definition) is 3. The van der Waals surface area contributed by atoms with Crippen LogP contribution in [0.1, 0.15) is 19.4 Å². The summed E-state index contributed by atoms with van der Waals surface area (Å²) in [7, 11) is 0. The molecule has 1 N–H and O–H groups in total. The van der Waals surface area contributed by atoms with Crippen LogP contribution in [0, 0.1) is 0 Å². The highest BCUT2D eigenvalue weighted by atomic mass is 35.5. The Morgan fingerprint density at radius 1 is 1.39 bits per heavy atom. The highest BCUT2D eigenvalue weighted by Crippen LogP contribution is 2.06. The average Bonchev–Trinajstić information content (AvgIpc) is 2.35.